The number of nitrogens with one attached hydrogen (secondary N) is 1. The van der Waals surface area contributed by atoms with Crippen LogP contribution in [0, 0.1) is 0 Å². The van der Waals surface area contributed by atoms with Crippen molar-refractivity contribution in [3.8, 4) is 0 Å². The zero-order chi connectivity index (χ0) is 11.8. The average Bonchev–Trinajstić information content (AvgIpc) is 2.30. The van der Waals surface area contributed by atoms with Crippen LogP contribution in [0.3, 0.4) is 0 Å². The van der Waals surface area contributed by atoms with E-state index >= 15 is 0 Å². The molecule has 0 saturated heterocycles. The third kappa shape index (κ3) is 4.86. The molecule has 0 aliphatic rings. The smallest absolute Gasteiger partial charge is 0.0243 e. The van der Waals surface area contributed by atoms with Gasteiger partial charge in [-0.3, -0.25) is 0 Å². The van der Waals surface area contributed by atoms with E-state index in [4.69, 9.17) is 0 Å². The quantitative estimate of drug-likeness (QED) is 0.437. The molecule has 1 aromatic rings. The van der Waals surface area contributed by atoms with E-state index in [0.29, 0.717) is 5.25 Å². The second-order valence-electron chi connectivity index (χ2n) is 3.88. The van der Waals surface area contributed by atoms with Crippen LogP contribution in [-0.4, -0.2) is 11.8 Å². The molecule has 0 aliphatic heterocycles. The molecule has 0 radical (unpaired) electrons. The summed E-state index contributed by atoms with van der Waals surface area (Å²) >= 11 is 1.85. The summed E-state index contributed by atoms with van der Waals surface area (Å²) in [6, 6.07) is 8.72. The Balaban J connectivity index is 2.53. The number of hydrogen-bond donors (Lipinski definition) is 1. The normalized spacial score (nSPS) is 12.4. The minimum absolute atomic E-state index is 0.471. The predicted molar refractivity (Wildman–Crippen MR) is 74.0 cm³/mol. The number of benzene rings is 1. The first-order chi connectivity index (χ1) is 7.76. The number of hydrogen-bond acceptors (Lipinski definition) is 2. The highest BCUT2D eigenvalue weighted by molar-refractivity contribution is 8.00. The van der Waals surface area contributed by atoms with Crippen molar-refractivity contribution in [3.63, 3.8) is 0 Å². The molecule has 1 unspecified atom stereocenters. The van der Waals surface area contributed by atoms with Crippen LogP contribution < -0.4 is 5.32 Å². The van der Waals surface area contributed by atoms with Gasteiger partial charge in [0.1, 0.15) is 0 Å². The molecule has 0 aliphatic carbocycles. The lowest BCUT2D eigenvalue weighted by molar-refractivity contribution is 0.674. The van der Waals surface area contributed by atoms with Crippen molar-refractivity contribution in [2.24, 2.45) is 0 Å². The average molecular weight is 235 g/mol. The maximum atomic E-state index is 3.81. The molecular weight excluding hydrogens is 214 g/mol. The van der Waals surface area contributed by atoms with E-state index < -0.39 is 0 Å². The van der Waals surface area contributed by atoms with E-state index in [1.54, 1.807) is 0 Å². The lowest BCUT2D eigenvalue weighted by Crippen LogP contribution is -2.13. The fourth-order valence-corrected chi connectivity index (χ4v) is 2.30. The van der Waals surface area contributed by atoms with E-state index in [2.05, 4.69) is 50.0 Å². The van der Waals surface area contributed by atoms with E-state index in [1.807, 2.05) is 17.8 Å². The van der Waals surface area contributed by atoms with Crippen LogP contribution in [0.1, 0.15) is 25.8 Å². The highest BCUT2D eigenvalue weighted by Gasteiger charge is 2.00. The fourth-order valence-electron chi connectivity index (χ4n) is 1.40. The minimum atomic E-state index is 0.471. The van der Waals surface area contributed by atoms with Crippen LogP contribution in [0.5, 0.6) is 0 Å². The molecule has 16 heavy (non-hydrogen) atoms. The Bertz CT molecular complexity index is 322. The first-order valence-electron chi connectivity index (χ1n) is 5.85. The standard InChI is InChI=1S/C14H21NS/c1-4-9-15-11-13-7-6-8-14(10-13)16-12(3)5-2/h5-8,10,12,15H,2,4,9,11H2,1,3H3. The molecule has 0 amide bonds. The molecule has 0 aromatic heterocycles. The second kappa shape index (κ2) is 7.53. The summed E-state index contributed by atoms with van der Waals surface area (Å²) in [6.07, 6.45) is 3.16. The Kier molecular flexibility index (Phi) is 6.27. The van der Waals surface area contributed by atoms with Crippen LogP contribution in [0.15, 0.2) is 41.8 Å². The Labute approximate surface area is 103 Å². The Morgan fingerprint density at radius 3 is 3.00 bits per heavy atom. The number of rotatable bonds is 7. The second-order valence-corrected chi connectivity index (χ2v) is 5.33. The Morgan fingerprint density at radius 2 is 2.31 bits per heavy atom. The molecule has 1 N–H and O–H groups in total. The third-order valence-corrected chi connectivity index (χ3v) is 3.40. The molecular formula is C14H21NS. The van der Waals surface area contributed by atoms with Crippen molar-refractivity contribution in [2.45, 2.75) is 37.0 Å². The van der Waals surface area contributed by atoms with Crippen molar-refractivity contribution in [2.75, 3.05) is 6.54 Å². The van der Waals surface area contributed by atoms with Gasteiger partial charge in [-0.2, -0.15) is 0 Å². The SMILES string of the molecule is C=CC(C)Sc1cccc(CNCCC)c1. The van der Waals surface area contributed by atoms with Crippen molar-refractivity contribution in [1.82, 2.24) is 5.32 Å². The molecule has 0 saturated carbocycles. The summed E-state index contributed by atoms with van der Waals surface area (Å²) in [5, 5.41) is 3.89. The molecule has 1 nitrogen and oxygen atoms in total. The molecule has 0 bridgehead atoms. The zero-order valence-corrected chi connectivity index (χ0v) is 11.0. The Morgan fingerprint density at radius 1 is 1.50 bits per heavy atom. The summed E-state index contributed by atoms with van der Waals surface area (Å²) < 4.78 is 0. The predicted octanol–water partition coefficient (Wildman–Crippen LogP) is 3.85. The van der Waals surface area contributed by atoms with Gasteiger partial charge >= 0.3 is 0 Å². The largest absolute Gasteiger partial charge is 0.313 e. The highest BCUT2D eigenvalue weighted by atomic mass is 32.2. The van der Waals surface area contributed by atoms with Gasteiger partial charge in [0.25, 0.3) is 0 Å². The third-order valence-electron chi connectivity index (χ3n) is 2.31. The van der Waals surface area contributed by atoms with Crippen molar-refractivity contribution < 1.29 is 0 Å². The summed E-state index contributed by atoms with van der Waals surface area (Å²) in [5.74, 6) is 0. The molecule has 1 atom stereocenters. The van der Waals surface area contributed by atoms with Gasteiger partial charge in [-0.05, 0) is 37.6 Å². The van der Waals surface area contributed by atoms with E-state index in [9.17, 15) is 0 Å². The molecule has 0 fully saturated rings. The van der Waals surface area contributed by atoms with Gasteiger partial charge < -0.3 is 5.32 Å². The maximum Gasteiger partial charge on any atom is 0.0243 e. The molecule has 1 aromatic carbocycles. The van der Waals surface area contributed by atoms with E-state index in [-0.39, 0.29) is 0 Å². The van der Waals surface area contributed by atoms with E-state index in [0.717, 1.165) is 13.1 Å². The van der Waals surface area contributed by atoms with Gasteiger partial charge in [-0.1, -0.05) is 25.1 Å². The zero-order valence-electron chi connectivity index (χ0n) is 10.2. The summed E-state index contributed by atoms with van der Waals surface area (Å²) in [6.45, 7) is 10.2. The van der Waals surface area contributed by atoms with Crippen molar-refractivity contribution in [1.29, 1.82) is 0 Å². The summed E-state index contributed by atoms with van der Waals surface area (Å²) in [5.41, 5.74) is 1.36. The topological polar surface area (TPSA) is 12.0 Å². The summed E-state index contributed by atoms with van der Waals surface area (Å²) in [4.78, 5) is 1.32. The molecule has 88 valence electrons. The van der Waals surface area contributed by atoms with Crippen LogP contribution in [-0.2, 0) is 6.54 Å². The van der Waals surface area contributed by atoms with Gasteiger partial charge in [0.15, 0.2) is 0 Å². The monoisotopic (exact) mass is 235 g/mol. The van der Waals surface area contributed by atoms with Gasteiger partial charge in [0, 0.05) is 16.7 Å². The van der Waals surface area contributed by atoms with Crippen molar-refractivity contribution in [3.05, 3.63) is 42.5 Å². The highest BCUT2D eigenvalue weighted by Crippen LogP contribution is 2.24. The van der Waals surface area contributed by atoms with Gasteiger partial charge in [-0.15, -0.1) is 18.3 Å². The van der Waals surface area contributed by atoms with Crippen LogP contribution in [0.2, 0.25) is 0 Å². The van der Waals surface area contributed by atoms with Crippen molar-refractivity contribution >= 4 is 11.8 Å². The lowest BCUT2D eigenvalue weighted by Gasteiger charge is -2.08. The fraction of sp³-hybridized carbons (Fsp3) is 0.429. The Hall–Kier alpha value is -0.730. The molecule has 0 spiro atoms. The minimum Gasteiger partial charge on any atom is -0.313 e. The van der Waals surface area contributed by atoms with Crippen LogP contribution >= 0.6 is 11.8 Å². The number of thioether (sulfide) groups is 1. The van der Waals surface area contributed by atoms with E-state index in [1.165, 1.54) is 16.9 Å². The first kappa shape index (κ1) is 13.3. The maximum absolute atomic E-state index is 3.81. The van der Waals surface area contributed by atoms with Gasteiger partial charge in [0.05, 0.1) is 0 Å². The van der Waals surface area contributed by atoms with Gasteiger partial charge in [-0.25, -0.2) is 0 Å². The molecule has 1 rings (SSSR count). The van der Waals surface area contributed by atoms with Crippen LogP contribution in [0.4, 0.5) is 0 Å². The van der Waals surface area contributed by atoms with Crippen LogP contribution in [0.25, 0.3) is 0 Å². The molecule has 2 heteroatoms. The molecule has 0 heterocycles. The van der Waals surface area contributed by atoms with Gasteiger partial charge in [0.2, 0.25) is 0 Å². The lowest BCUT2D eigenvalue weighted by atomic mass is 10.2. The summed E-state index contributed by atoms with van der Waals surface area (Å²) in [7, 11) is 0. The first-order valence-corrected chi connectivity index (χ1v) is 6.73.